The van der Waals surface area contributed by atoms with Gasteiger partial charge in [-0.05, 0) is 98.6 Å². The van der Waals surface area contributed by atoms with Crippen molar-refractivity contribution in [2.24, 2.45) is 23.7 Å². The van der Waals surface area contributed by atoms with E-state index in [1.807, 2.05) is 6.07 Å². The van der Waals surface area contributed by atoms with Crippen LogP contribution in [0.5, 0.6) is 0 Å². The molecular formula is C36H51N3O2. The van der Waals surface area contributed by atoms with E-state index in [4.69, 9.17) is 9.72 Å². The second-order valence-corrected chi connectivity index (χ2v) is 13.1. The number of ether oxygens (including phenoxy) is 1. The van der Waals surface area contributed by atoms with Gasteiger partial charge in [-0.1, -0.05) is 66.0 Å². The Morgan fingerprint density at radius 2 is 1.66 bits per heavy atom. The lowest BCUT2D eigenvalue weighted by Gasteiger charge is -2.37. The number of benzene rings is 2. The van der Waals surface area contributed by atoms with E-state index in [9.17, 15) is 4.79 Å². The van der Waals surface area contributed by atoms with Gasteiger partial charge >= 0.3 is 5.97 Å². The molecule has 1 heterocycles. The first-order chi connectivity index (χ1) is 19.9. The van der Waals surface area contributed by atoms with Crippen molar-refractivity contribution in [3.63, 3.8) is 0 Å². The minimum Gasteiger partial charge on any atom is -0.461 e. The number of carbonyl (C=O) groups is 1. The van der Waals surface area contributed by atoms with Gasteiger partial charge < -0.3 is 14.2 Å². The van der Waals surface area contributed by atoms with Gasteiger partial charge in [0, 0.05) is 24.3 Å². The van der Waals surface area contributed by atoms with Crippen LogP contribution in [0.25, 0.3) is 22.4 Å². The monoisotopic (exact) mass is 557 g/mol. The number of hydrogen-bond acceptors (Lipinski definition) is 4. The Hall–Kier alpha value is -2.82. The fourth-order valence-electron chi connectivity index (χ4n) is 6.81. The fraction of sp³-hybridized carbons (Fsp3) is 0.611. The summed E-state index contributed by atoms with van der Waals surface area (Å²) in [5, 5.41) is 0. The van der Waals surface area contributed by atoms with E-state index in [0.717, 1.165) is 61.2 Å². The summed E-state index contributed by atoms with van der Waals surface area (Å²) in [6.07, 6.45) is 10.2. The zero-order valence-corrected chi connectivity index (χ0v) is 26.0. The third-order valence-electron chi connectivity index (χ3n) is 9.47. The lowest BCUT2D eigenvalue weighted by atomic mass is 9.75. The molecule has 0 spiro atoms. The Morgan fingerprint density at radius 1 is 0.976 bits per heavy atom. The smallest absolute Gasteiger partial charge is 0.329 e. The van der Waals surface area contributed by atoms with Crippen LogP contribution in [0.3, 0.4) is 0 Å². The van der Waals surface area contributed by atoms with Gasteiger partial charge in [-0.15, -0.1) is 0 Å². The third kappa shape index (κ3) is 6.81. The molecule has 5 nitrogen and oxygen atoms in total. The molecule has 2 aliphatic carbocycles. The van der Waals surface area contributed by atoms with E-state index >= 15 is 0 Å². The number of rotatable bonds is 13. The summed E-state index contributed by atoms with van der Waals surface area (Å²) in [6, 6.07) is 16.8. The molecule has 5 heteroatoms. The van der Waals surface area contributed by atoms with Crippen molar-refractivity contribution in [1.29, 1.82) is 0 Å². The molecule has 2 aliphatic rings. The second kappa shape index (κ2) is 13.4. The summed E-state index contributed by atoms with van der Waals surface area (Å²) in [4.78, 5) is 21.8. The van der Waals surface area contributed by atoms with Crippen LogP contribution < -0.4 is 4.90 Å². The number of anilines is 1. The van der Waals surface area contributed by atoms with Gasteiger partial charge in [-0.3, -0.25) is 0 Å². The van der Waals surface area contributed by atoms with Crippen molar-refractivity contribution in [2.75, 3.05) is 18.0 Å². The number of carbonyl (C=O) groups excluding carboxylic acids is 1. The van der Waals surface area contributed by atoms with E-state index < -0.39 is 0 Å². The molecule has 2 fully saturated rings. The molecule has 0 saturated heterocycles. The fourth-order valence-corrected chi connectivity index (χ4v) is 6.81. The van der Waals surface area contributed by atoms with Crippen molar-refractivity contribution in [3.8, 4) is 11.4 Å². The molecule has 1 aromatic heterocycles. The SMILES string of the molecule is CCCCN(CCCC)c1ccc(-c2nc3ccccc3n2[C@@H](C(=O)OC2C[C@H](C)CC[C@H]2C(C)C)C2CC2)cc1. The van der Waals surface area contributed by atoms with Crippen molar-refractivity contribution < 1.29 is 9.53 Å². The summed E-state index contributed by atoms with van der Waals surface area (Å²) in [6.45, 7) is 13.5. The van der Waals surface area contributed by atoms with Crippen LogP contribution in [-0.4, -0.2) is 34.7 Å². The van der Waals surface area contributed by atoms with Crippen molar-refractivity contribution >= 4 is 22.7 Å². The van der Waals surface area contributed by atoms with Gasteiger partial charge in [0.05, 0.1) is 11.0 Å². The van der Waals surface area contributed by atoms with E-state index in [0.29, 0.717) is 23.7 Å². The van der Waals surface area contributed by atoms with Crippen molar-refractivity contribution in [2.45, 2.75) is 105 Å². The largest absolute Gasteiger partial charge is 0.461 e. The van der Waals surface area contributed by atoms with E-state index in [1.54, 1.807) is 0 Å². The first kappa shape index (κ1) is 29.7. The van der Waals surface area contributed by atoms with Gasteiger partial charge in [0.25, 0.3) is 0 Å². The van der Waals surface area contributed by atoms with Gasteiger partial charge in [0.2, 0.25) is 0 Å². The van der Waals surface area contributed by atoms with Crippen LogP contribution in [0.1, 0.15) is 98.4 Å². The maximum Gasteiger partial charge on any atom is 0.329 e. The average molecular weight is 558 g/mol. The highest BCUT2D eigenvalue weighted by Gasteiger charge is 2.43. The zero-order valence-electron chi connectivity index (χ0n) is 26.0. The number of hydrogen-bond donors (Lipinski definition) is 0. The number of aromatic nitrogens is 2. The predicted molar refractivity (Wildman–Crippen MR) is 170 cm³/mol. The molecule has 2 saturated carbocycles. The highest BCUT2D eigenvalue weighted by atomic mass is 16.5. The maximum atomic E-state index is 14.2. The summed E-state index contributed by atoms with van der Waals surface area (Å²) < 4.78 is 8.71. The quantitative estimate of drug-likeness (QED) is 0.197. The molecule has 41 heavy (non-hydrogen) atoms. The summed E-state index contributed by atoms with van der Waals surface area (Å²) in [5.41, 5.74) is 4.28. The molecule has 5 rings (SSSR count). The molecule has 4 atom stereocenters. The third-order valence-corrected chi connectivity index (χ3v) is 9.47. The number of unbranched alkanes of at least 4 members (excludes halogenated alkanes) is 2. The van der Waals surface area contributed by atoms with Crippen LogP contribution in [0, 0.1) is 23.7 Å². The average Bonchev–Trinajstić information content (AvgIpc) is 3.73. The first-order valence-corrected chi connectivity index (χ1v) is 16.4. The Kier molecular flexibility index (Phi) is 9.72. The summed E-state index contributed by atoms with van der Waals surface area (Å²) >= 11 is 0. The van der Waals surface area contributed by atoms with E-state index in [1.165, 1.54) is 37.8 Å². The summed E-state index contributed by atoms with van der Waals surface area (Å²) in [7, 11) is 0. The Labute approximate surface area is 247 Å². The summed E-state index contributed by atoms with van der Waals surface area (Å²) in [5.74, 6) is 2.65. The van der Waals surface area contributed by atoms with Gasteiger partial charge in [-0.25, -0.2) is 9.78 Å². The highest BCUT2D eigenvalue weighted by Crippen LogP contribution is 2.45. The highest BCUT2D eigenvalue weighted by molar-refractivity contribution is 5.85. The lowest BCUT2D eigenvalue weighted by molar-refractivity contribution is -0.160. The molecule has 2 aromatic carbocycles. The second-order valence-electron chi connectivity index (χ2n) is 13.1. The minimum atomic E-state index is -0.340. The van der Waals surface area contributed by atoms with Gasteiger partial charge in [0.1, 0.15) is 18.0 Å². The first-order valence-electron chi connectivity index (χ1n) is 16.4. The Bertz CT molecular complexity index is 1270. The molecule has 0 radical (unpaired) electrons. The number of esters is 1. The van der Waals surface area contributed by atoms with Crippen molar-refractivity contribution in [3.05, 3.63) is 48.5 Å². The van der Waals surface area contributed by atoms with Crippen LogP contribution >= 0.6 is 0 Å². The molecule has 0 bridgehead atoms. The van der Waals surface area contributed by atoms with Crippen LogP contribution in [0.2, 0.25) is 0 Å². The number of para-hydroxylation sites is 2. The Morgan fingerprint density at radius 3 is 2.29 bits per heavy atom. The predicted octanol–water partition coefficient (Wildman–Crippen LogP) is 9.07. The lowest BCUT2D eigenvalue weighted by Crippen LogP contribution is -2.38. The molecule has 0 aliphatic heterocycles. The van der Waals surface area contributed by atoms with Gasteiger partial charge in [0.15, 0.2) is 0 Å². The van der Waals surface area contributed by atoms with E-state index in [2.05, 4.69) is 86.6 Å². The molecule has 3 aromatic rings. The van der Waals surface area contributed by atoms with Crippen LogP contribution in [0.4, 0.5) is 5.69 Å². The van der Waals surface area contributed by atoms with Crippen molar-refractivity contribution in [1.82, 2.24) is 9.55 Å². The molecule has 1 unspecified atom stereocenters. The molecule has 0 amide bonds. The molecule has 0 N–H and O–H groups in total. The molecule has 222 valence electrons. The standard InChI is InChI=1S/C36H51N3O2/c1-6-8-22-38(23-9-7-2)29-19-17-28(18-20-29)35-37-31-12-10-11-13-32(31)39(35)34(27-15-16-27)36(40)41-33-24-26(5)14-21-30(33)25(3)4/h10-13,17-20,25-27,30,33-34H,6-9,14-16,21-24H2,1-5H3/t26-,30+,33?,34-/m1/s1. The minimum absolute atomic E-state index is 0.00208. The Balaban J connectivity index is 1.48. The molecular weight excluding hydrogens is 506 g/mol. The van der Waals surface area contributed by atoms with Crippen LogP contribution in [0.15, 0.2) is 48.5 Å². The normalized spacial score (nSPS) is 21.8. The van der Waals surface area contributed by atoms with Gasteiger partial charge in [-0.2, -0.15) is 0 Å². The topological polar surface area (TPSA) is 47.4 Å². The van der Waals surface area contributed by atoms with E-state index in [-0.39, 0.29) is 18.1 Å². The zero-order chi connectivity index (χ0) is 28.9. The number of imidazole rings is 1. The number of fused-ring (bicyclic) bond motifs is 1. The van der Waals surface area contributed by atoms with Crippen LogP contribution in [-0.2, 0) is 9.53 Å². The number of nitrogens with zero attached hydrogens (tertiary/aromatic N) is 3. The maximum absolute atomic E-state index is 14.2.